The quantitative estimate of drug-likeness (QED) is 0.709. The molecule has 1 atom stereocenters. The minimum atomic E-state index is -0.576. The first-order valence-corrected chi connectivity index (χ1v) is 11.1. The van der Waals surface area contributed by atoms with E-state index in [9.17, 15) is 4.79 Å². The van der Waals surface area contributed by atoms with E-state index in [0.29, 0.717) is 18.8 Å². The molecule has 0 saturated heterocycles. The summed E-state index contributed by atoms with van der Waals surface area (Å²) < 4.78 is 6.06. The number of hydrogen-bond acceptors (Lipinski definition) is 6. The molecule has 6 nitrogen and oxygen atoms in total. The molecule has 1 aliphatic carbocycles. The van der Waals surface area contributed by atoms with Crippen molar-refractivity contribution in [3.8, 4) is 5.75 Å². The molecule has 3 aromatic rings. The van der Waals surface area contributed by atoms with Gasteiger partial charge in [0.2, 0.25) is 0 Å². The number of carbonyl (C=O) groups excluding carboxylic acids is 1. The zero-order valence-corrected chi connectivity index (χ0v) is 17.5. The summed E-state index contributed by atoms with van der Waals surface area (Å²) in [6.45, 7) is 5.06. The average molecular weight is 409 g/mol. The lowest BCUT2D eigenvalue weighted by molar-refractivity contribution is -0.127. The first-order chi connectivity index (χ1) is 14.2. The smallest absolute Gasteiger partial charge is 0.262 e. The molecule has 1 aromatic carbocycles. The fourth-order valence-electron chi connectivity index (χ4n) is 4.21. The molecule has 1 amide bonds. The second-order valence-electron chi connectivity index (χ2n) is 7.61. The molecule has 0 radical (unpaired) electrons. The molecule has 7 heteroatoms. The van der Waals surface area contributed by atoms with Crippen LogP contribution in [0, 0.1) is 6.92 Å². The summed E-state index contributed by atoms with van der Waals surface area (Å²) in [7, 11) is 0. The van der Waals surface area contributed by atoms with Crippen LogP contribution in [0.2, 0.25) is 0 Å². The summed E-state index contributed by atoms with van der Waals surface area (Å²) in [6, 6.07) is 7.89. The van der Waals surface area contributed by atoms with E-state index >= 15 is 0 Å². The van der Waals surface area contributed by atoms with E-state index in [2.05, 4.69) is 10.2 Å². The van der Waals surface area contributed by atoms with Crippen molar-refractivity contribution < 1.29 is 9.53 Å². The Bertz CT molecular complexity index is 1090. The van der Waals surface area contributed by atoms with Crippen molar-refractivity contribution in [1.29, 1.82) is 0 Å². The number of fused-ring (bicyclic) bond motifs is 4. The second-order valence-corrected chi connectivity index (χ2v) is 8.69. The van der Waals surface area contributed by atoms with Gasteiger partial charge < -0.3 is 15.0 Å². The fourth-order valence-corrected chi connectivity index (χ4v) is 5.51. The van der Waals surface area contributed by atoms with E-state index in [0.717, 1.165) is 46.8 Å². The maximum absolute atomic E-state index is 12.7. The van der Waals surface area contributed by atoms with Gasteiger partial charge in [0.25, 0.3) is 5.91 Å². The van der Waals surface area contributed by atoms with Crippen LogP contribution in [0.3, 0.4) is 0 Å². The van der Waals surface area contributed by atoms with Gasteiger partial charge in [-0.05, 0) is 50.3 Å². The van der Waals surface area contributed by atoms with Crippen LogP contribution in [0.1, 0.15) is 36.0 Å². The van der Waals surface area contributed by atoms with Gasteiger partial charge in [0.1, 0.15) is 22.2 Å². The van der Waals surface area contributed by atoms with E-state index in [1.165, 1.54) is 16.9 Å². The number of ether oxygens (including phenoxy) is 1. The highest BCUT2D eigenvalue weighted by atomic mass is 32.1. The predicted molar refractivity (Wildman–Crippen MR) is 115 cm³/mol. The third-order valence-corrected chi connectivity index (χ3v) is 6.71. The minimum Gasteiger partial charge on any atom is -0.477 e. The van der Waals surface area contributed by atoms with Gasteiger partial charge in [-0.25, -0.2) is 9.97 Å². The normalized spacial score (nSPS) is 17.7. The molecule has 0 bridgehead atoms. The van der Waals surface area contributed by atoms with Crippen LogP contribution in [-0.4, -0.2) is 35.1 Å². The first-order valence-electron chi connectivity index (χ1n) is 10.3. The Morgan fingerprint density at radius 3 is 3.03 bits per heavy atom. The van der Waals surface area contributed by atoms with Gasteiger partial charge >= 0.3 is 0 Å². The molecule has 5 rings (SSSR count). The monoisotopic (exact) mass is 408 g/mol. The van der Waals surface area contributed by atoms with Crippen LogP contribution in [0.25, 0.3) is 10.2 Å². The standard InChI is InChI=1S/C22H24N4O2S/c1-3-11-23-21(27)17-12-26(15-8-4-5-9-16(15)28-17)20-19-14-7-6-10-18(14)29-22(19)25-13(2)24-20/h4-5,8-9,17H,3,6-7,10-12H2,1-2H3,(H,23,27)/t17-/m0/s1. The number of aryl methyl sites for hydroxylation is 3. The predicted octanol–water partition coefficient (Wildman–Crippen LogP) is 3.91. The summed E-state index contributed by atoms with van der Waals surface area (Å²) in [6.07, 6.45) is 3.70. The Morgan fingerprint density at radius 1 is 1.31 bits per heavy atom. The first kappa shape index (κ1) is 18.4. The number of amides is 1. The highest BCUT2D eigenvalue weighted by molar-refractivity contribution is 7.19. The Labute approximate surface area is 173 Å². The number of hydrogen-bond donors (Lipinski definition) is 1. The molecule has 2 aromatic heterocycles. The van der Waals surface area contributed by atoms with Crippen molar-refractivity contribution in [2.45, 2.75) is 45.6 Å². The van der Waals surface area contributed by atoms with E-state index in [4.69, 9.17) is 14.7 Å². The maximum atomic E-state index is 12.7. The molecule has 150 valence electrons. The van der Waals surface area contributed by atoms with E-state index in [1.54, 1.807) is 11.3 Å². The largest absolute Gasteiger partial charge is 0.477 e. The molecular formula is C22H24N4O2S. The van der Waals surface area contributed by atoms with Gasteiger partial charge in [0.15, 0.2) is 6.10 Å². The molecule has 0 unspecified atom stereocenters. The van der Waals surface area contributed by atoms with E-state index < -0.39 is 6.10 Å². The van der Waals surface area contributed by atoms with Gasteiger partial charge in [-0.2, -0.15) is 0 Å². The molecule has 3 heterocycles. The molecule has 0 saturated carbocycles. The number of para-hydroxylation sites is 2. The molecule has 2 aliphatic rings. The fraction of sp³-hybridized carbons (Fsp3) is 0.409. The van der Waals surface area contributed by atoms with Crippen LogP contribution in [0.15, 0.2) is 24.3 Å². The number of anilines is 2. The van der Waals surface area contributed by atoms with Gasteiger partial charge in [-0.1, -0.05) is 19.1 Å². The number of nitrogens with zero attached hydrogens (tertiary/aromatic N) is 3. The molecule has 0 spiro atoms. The SMILES string of the molecule is CCCNC(=O)[C@@H]1CN(c2nc(C)nc3sc4c(c23)CCC4)c2ccccc2O1. The summed E-state index contributed by atoms with van der Waals surface area (Å²) in [5.74, 6) is 2.29. The third kappa shape index (κ3) is 3.13. The van der Waals surface area contributed by atoms with Crippen molar-refractivity contribution in [1.82, 2.24) is 15.3 Å². The summed E-state index contributed by atoms with van der Waals surface area (Å²) in [5.41, 5.74) is 2.33. The zero-order chi connectivity index (χ0) is 20.0. The van der Waals surface area contributed by atoms with Crippen LogP contribution < -0.4 is 15.0 Å². The summed E-state index contributed by atoms with van der Waals surface area (Å²) in [5, 5.41) is 4.12. The van der Waals surface area contributed by atoms with Gasteiger partial charge in [-0.15, -0.1) is 11.3 Å². The Balaban J connectivity index is 1.64. The van der Waals surface area contributed by atoms with Crippen LogP contribution in [-0.2, 0) is 17.6 Å². The Hall–Kier alpha value is -2.67. The lowest BCUT2D eigenvalue weighted by Gasteiger charge is -2.35. The number of benzene rings is 1. The number of nitrogens with one attached hydrogen (secondary N) is 1. The highest BCUT2D eigenvalue weighted by Crippen LogP contribution is 2.45. The summed E-state index contributed by atoms with van der Waals surface area (Å²) >= 11 is 1.79. The lowest BCUT2D eigenvalue weighted by atomic mass is 10.1. The molecule has 1 aliphatic heterocycles. The molecule has 29 heavy (non-hydrogen) atoms. The molecule has 0 fully saturated rings. The Kier molecular flexibility index (Phi) is 4.62. The van der Waals surface area contributed by atoms with Crippen molar-refractivity contribution in [3.05, 3.63) is 40.5 Å². The molecule has 1 N–H and O–H groups in total. The maximum Gasteiger partial charge on any atom is 0.262 e. The van der Waals surface area contributed by atoms with Gasteiger partial charge in [-0.3, -0.25) is 4.79 Å². The van der Waals surface area contributed by atoms with Crippen LogP contribution >= 0.6 is 11.3 Å². The lowest BCUT2D eigenvalue weighted by Crippen LogP contribution is -2.48. The highest BCUT2D eigenvalue weighted by Gasteiger charge is 2.34. The van der Waals surface area contributed by atoms with E-state index in [-0.39, 0.29) is 5.91 Å². The summed E-state index contributed by atoms with van der Waals surface area (Å²) in [4.78, 5) is 26.9. The number of aromatic nitrogens is 2. The van der Waals surface area contributed by atoms with Crippen molar-refractivity contribution >= 4 is 39.0 Å². The van der Waals surface area contributed by atoms with Crippen molar-refractivity contribution in [3.63, 3.8) is 0 Å². The van der Waals surface area contributed by atoms with Gasteiger partial charge in [0, 0.05) is 11.4 Å². The van der Waals surface area contributed by atoms with Crippen molar-refractivity contribution in [2.24, 2.45) is 0 Å². The third-order valence-electron chi connectivity index (χ3n) is 5.53. The second kappa shape index (κ2) is 7.30. The zero-order valence-electron chi connectivity index (χ0n) is 16.7. The number of carbonyl (C=O) groups is 1. The Morgan fingerprint density at radius 2 is 2.17 bits per heavy atom. The van der Waals surface area contributed by atoms with Crippen molar-refractivity contribution in [2.75, 3.05) is 18.0 Å². The minimum absolute atomic E-state index is 0.0797. The topological polar surface area (TPSA) is 67.4 Å². The van der Waals surface area contributed by atoms with Crippen LogP contribution in [0.4, 0.5) is 11.5 Å². The molecular weight excluding hydrogens is 384 g/mol. The van der Waals surface area contributed by atoms with Crippen LogP contribution in [0.5, 0.6) is 5.75 Å². The van der Waals surface area contributed by atoms with Gasteiger partial charge in [0.05, 0.1) is 17.6 Å². The number of thiophene rings is 1. The average Bonchev–Trinajstić information content (AvgIpc) is 3.31. The van der Waals surface area contributed by atoms with E-state index in [1.807, 2.05) is 38.1 Å². The number of rotatable bonds is 4.